The Hall–Kier alpha value is -1.09. The average Bonchev–Trinajstić information content (AvgIpc) is 3.52. The number of aliphatic hydroxyl groups is 9. The highest BCUT2D eigenvalue weighted by atomic mass is 16.8. The smallest absolute Gasteiger partial charge is 0.336 e. The number of fused-ring (bicyclic) bond motifs is 5. The molecule has 10 N–H and O–H groups in total. The minimum absolute atomic E-state index is 0.0428. The van der Waals surface area contributed by atoms with Crippen molar-refractivity contribution in [2.24, 2.45) is 45.3 Å². The predicted molar refractivity (Wildman–Crippen MR) is 202 cm³/mol. The maximum Gasteiger partial charge on any atom is 0.336 e. The number of carbonyl (C=O) groups is 1. The van der Waals surface area contributed by atoms with Crippen LogP contribution in [0.15, 0.2) is 0 Å². The van der Waals surface area contributed by atoms with E-state index in [1.54, 1.807) is 13.8 Å². The van der Waals surface area contributed by atoms with Gasteiger partial charge < -0.3 is 74.7 Å². The van der Waals surface area contributed by atoms with Gasteiger partial charge in [-0.3, -0.25) is 0 Å². The molecule has 21 unspecified atom stereocenters. The molecule has 21 atom stereocenters. The van der Waals surface area contributed by atoms with Crippen LogP contribution in [0.2, 0.25) is 0 Å². The van der Waals surface area contributed by atoms with Crippen molar-refractivity contribution in [3.63, 3.8) is 0 Å². The summed E-state index contributed by atoms with van der Waals surface area (Å²) in [6.07, 6.45) is -11.9. The zero-order chi connectivity index (χ0) is 42.7. The first-order chi connectivity index (χ1) is 26.9. The maximum absolute atomic E-state index is 13.3. The van der Waals surface area contributed by atoms with E-state index >= 15 is 0 Å². The molecule has 0 bridgehead atoms. The molecule has 16 nitrogen and oxygen atoms in total. The van der Waals surface area contributed by atoms with Crippen molar-refractivity contribution in [3.8, 4) is 0 Å². The standard InChI is InChI=1S/C42H70O16/c1-37(2)24-11-15-41(7)25(9-8-19-20(10-14-40(19,41)6)42(36(52)53)16-21(45)33(51)38(3,4)58-42)39(24,5)13-12-26(37)56-35-32(30(49)28(47)23(18-44)55-35)57-34-31(50)29(48)27(46)22(17-43)54-34/h19-35,43-51H,8-18H2,1-7H3,(H,52,53). The number of carboxylic acids is 1. The minimum Gasteiger partial charge on any atom is -0.479 e. The van der Waals surface area contributed by atoms with Crippen LogP contribution in [0.1, 0.15) is 106 Å². The van der Waals surface area contributed by atoms with Crippen molar-refractivity contribution >= 4 is 5.97 Å². The zero-order valence-corrected chi connectivity index (χ0v) is 35.0. The van der Waals surface area contributed by atoms with E-state index in [1.807, 2.05) is 0 Å². The summed E-state index contributed by atoms with van der Waals surface area (Å²) >= 11 is 0. The normalized spacial score (nSPS) is 55.2. The van der Waals surface area contributed by atoms with E-state index in [9.17, 15) is 55.9 Å². The highest BCUT2D eigenvalue weighted by molar-refractivity contribution is 5.78. The summed E-state index contributed by atoms with van der Waals surface area (Å²) in [7, 11) is 0. The summed E-state index contributed by atoms with van der Waals surface area (Å²) in [6.45, 7) is 13.5. The molecule has 0 radical (unpaired) electrons. The number of hydrogen-bond acceptors (Lipinski definition) is 15. The van der Waals surface area contributed by atoms with E-state index in [2.05, 4.69) is 34.6 Å². The molecule has 16 heteroatoms. The summed E-state index contributed by atoms with van der Waals surface area (Å²) in [6, 6.07) is 0. The molecule has 3 heterocycles. The summed E-state index contributed by atoms with van der Waals surface area (Å²) < 4.78 is 30.8. The minimum atomic E-state index is -1.77. The topological polar surface area (TPSA) is 266 Å². The van der Waals surface area contributed by atoms with Crippen molar-refractivity contribution in [1.29, 1.82) is 0 Å². The van der Waals surface area contributed by atoms with Gasteiger partial charge in [0, 0.05) is 12.3 Å². The summed E-state index contributed by atoms with van der Waals surface area (Å²) in [5.74, 6) is -0.887. The molecule has 4 saturated carbocycles. The molecule has 3 aliphatic heterocycles. The highest BCUT2D eigenvalue weighted by Crippen LogP contribution is 2.76. The van der Waals surface area contributed by atoms with Crippen LogP contribution < -0.4 is 0 Å². The van der Waals surface area contributed by atoms with Gasteiger partial charge in [0.2, 0.25) is 0 Å². The molecule has 0 aromatic carbocycles. The molecule has 7 aliphatic rings. The predicted octanol–water partition coefficient (Wildman–Crippen LogP) is 0.425. The van der Waals surface area contributed by atoms with Crippen molar-refractivity contribution in [3.05, 3.63) is 0 Å². The van der Waals surface area contributed by atoms with Gasteiger partial charge in [-0.25, -0.2) is 4.79 Å². The molecule has 0 spiro atoms. The molecular formula is C42H70O16. The number of hydrogen-bond donors (Lipinski definition) is 10. The Morgan fingerprint density at radius 2 is 1.24 bits per heavy atom. The first-order valence-corrected chi connectivity index (χ1v) is 21.5. The molecule has 7 fully saturated rings. The van der Waals surface area contributed by atoms with Gasteiger partial charge in [0.1, 0.15) is 54.9 Å². The first-order valence-electron chi connectivity index (χ1n) is 21.5. The largest absolute Gasteiger partial charge is 0.479 e. The Bertz CT molecular complexity index is 1510. The average molecular weight is 831 g/mol. The summed E-state index contributed by atoms with van der Waals surface area (Å²) in [5, 5.41) is 106. The molecule has 0 aromatic heterocycles. The van der Waals surface area contributed by atoms with Gasteiger partial charge in [-0.2, -0.15) is 0 Å². The van der Waals surface area contributed by atoms with E-state index in [0.29, 0.717) is 18.8 Å². The van der Waals surface area contributed by atoms with Crippen LogP contribution in [0.25, 0.3) is 0 Å². The quantitative estimate of drug-likeness (QED) is 0.149. The molecule has 334 valence electrons. The van der Waals surface area contributed by atoms with Crippen molar-refractivity contribution in [1.82, 2.24) is 0 Å². The van der Waals surface area contributed by atoms with Gasteiger partial charge in [0.15, 0.2) is 18.2 Å². The molecule has 3 saturated heterocycles. The monoisotopic (exact) mass is 830 g/mol. The van der Waals surface area contributed by atoms with E-state index in [1.165, 1.54) is 0 Å². The van der Waals surface area contributed by atoms with Gasteiger partial charge >= 0.3 is 5.97 Å². The lowest BCUT2D eigenvalue weighted by atomic mass is 9.35. The van der Waals surface area contributed by atoms with Crippen LogP contribution in [-0.2, 0) is 28.5 Å². The van der Waals surface area contributed by atoms with Crippen LogP contribution in [0, 0.1) is 45.3 Å². The molecule has 7 rings (SSSR count). The third-order valence-electron chi connectivity index (χ3n) is 17.6. The number of rotatable bonds is 8. The lowest BCUT2D eigenvalue weighted by Crippen LogP contribution is -2.68. The van der Waals surface area contributed by atoms with Gasteiger partial charge in [-0.05, 0) is 105 Å². The lowest BCUT2D eigenvalue weighted by molar-refractivity contribution is -0.378. The molecule has 0 amide bonds. The van der Waals surface area contributed by atoms with Gasteiger partial charge in [0.05, 0.1) is 31.0 Å². The number of aliphatic carboxylic acids is 1. The molecule has 4 aliphatic carbocycles. The van der Waals surface area contributed by atoms with Gasteiger partial charge in [-0.15, -0.1) is 0 Å². The fourth-order valence-corrected chi connectivity index (χ4v) is 14.3. The Balaban J connectivity index is 1.12. The van der Waals surface area contributed by atoms with Crippen LogP contribution in [0.4, 0.5) is 0 Å². The van der Waals surface area contributed by atoms with Crippen molar-refractivity contribution in [2.45, 2.75) is 197 Å². The second-order valence-corrected chi connectivity index (χ2v) is 20.9. The number of ether oxygens (including phenoxy) is 5. The lowest BCUT2D eigenvalue weighted by Gasteiger charge is -2.70. The third kappa shape index (κ3) is 6.57. The van der Waals surface area contributed by atoms with Crippen LogP contribution >= 0.6 is 0 Å². The van der Waals surface area contributed by atoms with E-state index in [-0.39, 0.29) is 40.4 Å². The first kappa shape index (κ1) is 44.9. The Morgan fingerprint density at radius 3 is 1.84 bits per heavy atom. The van der Waals surface area contributed by atoms with Crippen LogP contribution in [0.3, 0.4) is 0 Å². The fraction of sp³-hybridized carbons (Fsp3) is 0.976. The van der Waals surface area contributed by atoms with Crippen LogP contribution in [-0.4, -0.2) is 161 Å². The Morgan fingerprint density at radius 1 is 0.638 bits per heavy atom. The fourth-order valence-electron chi connectivity index (χ4n) is 14.3. The highest BCUT2D eigenvalue weighted by Gasteiger charge is 2.72. The molecule has 58 heavy (non-hydrogen) atoms. The number of carboxylic acid groups (broad SMARTS) is 1. The van der Waals surface area contributed by atoms with E-state index in [4.69, 9.17) is 23.7 Å². The second kappa shape index (κ2) is 15.3. The van der Waals surface area contributed by atoms with E-state index < -0.39 is 116 Å². The SMILES string of the molecule is CC1(C)OC(C(=O)O)(C2CCC3(C)C2CCC2C4(C)CCC(OC5OC(CO)C(O)C(O)C5OC5OC(CO)C(O)C(O)C5O)C(C)(C)C4CCC23C)CC(O)C1O. The summed E-state index contributed by atoms with van der Waals surface area (Å²) in [4.78, 5) is 13.3. The third-order valence-corrected chi connectivity index (χ3v) is 17.6. The Labute approximate surface area is 340 Å². The molecule has 0 aromatic rings. The second-order valence-electron chi connectivity index (χ2n) is 20.9. The van der Waals surface area contributed by atoms with Crippen molar-refractivity contribution in [2.75, 3.05) is 13.2 Å². The number of aliphatic hydroxyl groups excluding tert-OH is 9. The molecular weight excluding hydrogens is 760 g/mol. The van der Waals surface area contributed by atoms with Gasteiger partial charge in [-0.1, -0.05) is 34.6 Å². The summed E-state index contributed by atoms with van der Waals surface area (Å²) in [5.41, 5.74) is -3.77. The Kier molecular flexibility index (Phi) is 11.9. The van der Waals surface area contributed by atoms with Crippen molar-refractivity contribution < 1.29 is 79.5 Å². The maximum atomic E-state index is 13.3. The zero-order valence-electron chi connectivity index (χ0n) is 35.0. The van der Waals surface area contributed by atoms with Crippen LogP contribution in [0.5, 0.6) is 0 Å². The van der Waals surface area contributed by atoms with E-state index in [0.717, 1.165) is 38.5 Å². The van der Waals surface area contributed by atoms with Gasteiger partial charge in [0.25, 0.3) is 0 Å².